The first-order valence-electron chi connectivity index (χ1n) is 23.4. The van der Waals surface area contributed by atoms with Crippen molar-refractivity contribution in [3.8, 4) is 11.1 Å². The Kier molecular flexibility index (Phi) is 15.7. The molecule has 0 saturated carbocycles. The maximum atomic E-state index is 3.99. The van der Waals surface area contributed by atoms with E-state index in [1.54, 1.807) is 16.7 Å². The van der Waals surface area contributed by atoms with Crippen LogP contribution in [0.3, 0.4) is 0 Å². The van der Waals surface area contributed by atoms with Gasteiger partial charge in [-0.1, -0.05) is 194 Å². The summed E-state index contributed by atoms with van der Waals surface area (Å²) in [5.74, 6) is 3.07. The van der Waals surface area contributed by atoms with Crippen molar-refractivity contribution in [3.63, 3.8) is 0 Å². The highest BCUT2D eigenvalue weighted by atomic mass is 127. The molecule has 0 N–H and O–H groups in total. The molecule has 0 bridgehead atoms. The number of thiophene rings is 1. The van der Waals surface area contributed by atoms with Crippen LogP contribution in [0.25, 0.3) is 27.3 Å². The number of halogens is 1. The molecule has 4 aromatic rings. The van der Waals surface area contributed by atoms with Gasteiger partial charge in [-0.3, -0.25) is 0 Å². The van der Waals surface area contributed by atoms with Gasteiger partial charge in [0.15, 0.2) is 0 Å². The maximum absolute atomic E-state index is 3.99. The standard InChI is InChI=1S/C35H40.C21H22S.C4H10.HI/c1-6-10-30(27-17-13-25(14-18-27)24(3)7-2)28-19-15-26(16-20-28)29-21-22-32-31-11-8-9-12-33(31)35(4,5)34(32)23-29;1-4-8-14-13-21(2,3)17-12-11-16-15-9-6-5-7-10-18(15)22-20(16)19(14)17;1-4(2)3;/h7-9,11-13,15-17,19-23,30-31,33H,6,10,14,18H2,1-5H3;4-7,10-12,14H,1,8-9,13H2,2-3H3;4H,1-3H3;1H/b24-7+;;;. The topological polar surface area (TPSA) is 0 Å². The Labute approximate surface area is 397 Å². The third-order valence-corrected chi connectivity index (χ3v) is 15.3. The first-order chi connectivity index (χ1) is 29.3. The molecule has 3 aromatic carbocycles. The molecule has 1 aromatic heterocycles. The molecule has 0 nitrogen and oxygen atoms in total. The predicted octanol–water partition coefficient (Wildman–Crippen LogP) is 18.6. The zero-order chi connectivity index (χ0) is 43.5. The molecule has 0 spiro atoms. The van der Waals surface area contributed by atoms with E-state index in [-0.39, 0.29) is 34.8 Å². The van der Waals surface area contributed by atoms with Crippen molar-refractivity contribution in [3.05, 3.63) is 183 Å². The fourth-order valence-corrected chi connectivity index (χ4v) is 12.2. The lowest BCUT2D eigenvalue weighted by atomic mass is 9.74. The van der Waals surface area contributed by atoms with Crippen LogP contribution < -0.4 is 0 Å². The summed E-state index contributed by atoms with van der Waals surface area (Å²) in [7, 11) is 0. The number of hydrogen-bond acceptors (Lipinski definition) is 1. The molecule has 5 aliphatic carbocycles. The largest absolute Gasteiger partial charge is 0.135 e. The molecule has 9 rings (SSSR count). The van der Waals surface area contributed by atoms with Gasteiger partial charge in [0, 0.05) is 21.4 Å². The fraction of sp³-hybridized carbons (Fsp3) is 0.400. The molecular weight excluding hydrogens is 880 g/mol. The molecule has 2 heteroatoms. The van der Waals surface area contributed by atoms with Crippen LogP contribution in [0, 0.1) is 11.8 Å². The highest BCUT2D eigenvalue weighted by molar-refractivity contribution is 14.0. The van der Waals surface area contributed by atoms with Gasteiger partial charge in [0.05, 0.1) is 0 Å². The number of benzene rings is 3. The first-order valence-corrected chi connectivity index (χ1v) is 24.3. The van der Waals surface area contributed by atoms with Gasteiger partial charge in [-0.2, -0.15) is 0 Å². The lowest BCUT2D eigenvalue weighted by molar-refractivity contribution is 0.394. The minimum Gasteiger partial charge on any atom is -0.135 e. The lowest BCUT2D eigenvalue weighted by Gasteiger charge is -2.29. The molecule has 0 aliphatic heterocycles. The summed E-state index contributed by atoms with van der Waals surface area (Å²) >= 11 is 1.99. The summed E-state index contributed by atoms with van der Waals surface area (Å²) < 4.78 is 1.53. The van der Waals surface area contributed by atoms with E-state index in [9.17, 15) is 0 Å². The molecule has 0 saturated heterocycles. The number of rotatable bonds is 8. The number of fused-ring (bicyclic) bond motifs is 8. The second kappa shape index (κ2) is 20.4. The van der Waals surface area contributed by atoms with Crippen molar-refractivity contribution in [1.29, 1.82) is 0 Å². The van der Waals surface area contributed by atoms with Gasteiger partial charge in [-0.15, -0.1) is 41.9 Å². The summed E-state index contributed by atoms with van der Waals surface area (Å²) in [5.41, 5.74) is 16.8. The predicted molar refractivity (Wildman–Crippen MR) is 287 cm³/mol. The molecule has 4 unspecified atom stereocenters. The maximum Gasteiger partial charge on any atom is 0.0390 e. The van der Waals surface area contributed by atoms with Gasteiger partial charge in [-0.25, -0.2) is 0 Å². The van der Waals surface area contributed by atoms with Gasteiger partial charge < -0.3 is 0 Å². The van der Waals surface area contributed by atoms with E-state index >= 15 is 0 Å². The Hall–Kier alpha value is -3.73. The molecule has 4 atom stereocenters. The molecule has 0 amide bonds. The average molecular weight is 953 g/mol. The molecule has 326 valence electrons. The smallest absolute Gasteiger partial charge is 0.0390 e. The SMILES string of the molecule is C/C=C(\C)C1=CC=C(C(CCC)c2ccc(-c3ccc4c(c3)C(C)(C)C3C=CC=CC43)cc2)CC1.C=CCC1CC(C)(C)c2ccc3c4c(sc3c21)C=CC=CC4.CC(C)C.I. The lowest BCUT2D eigenvalue weighted by Crippen LogP contribution is -2.24. The van der Waals surface area contributed by atoms with Crippen LogP contribution in [0.1, 0.15) is 164 Å². The van der Waals surface area contributed by atoms with E-state index in [1.807, 2.05) is 11.3 Å². The van der Waals surface area contributed by atoms with Crippen molar-refractivity contribution in [1.82, 2.24) is 0 Å². The molecule has 0 radical (unpaired) electrons. The second-order valence-electron chi connectivity index (χ2n) is 20.1. The number of allylic oxidation sites excluding steroid dienone is 14. The van der Waals surface area contributed by atoms with Gasteiger partial charge in [0.2, 0.25) is 0 Å². The van der Waals surface area contributed by atoms with Crippen molar-refractivity contribution in [2.24, 2.45) is 11.8 Å². The Morgan fingerprint density at radius 3 is 2.27 bits per heavy atom. The summed E-state index contributed by atoms with van der Waals surface area (Å²) in [6.07, 6.45) is 35.4. The van der Waals surface area contributed by atoms with E-state index in [2.05, 4.69) is 203 Å². The van der Waals surface area contributed by atoms with Gasteiger partial charge in [-0.05, 0) is 142 Å². The summed E-state index contributed by atoms with van der Waals surface area (Å²) in [5, 5.41) is 1.47. The molecule has 62 heavy (non-hydrogen) atoms. The normalized spacial score (nSPS) is 21.5. The van der Waals surface area contributed by atoms with E-state index < -0.39 is 0 Å². The monoisotopic (exact) mass is 952 g/mol. The van der Waals surface area contributed by atoms with Gasteiger partial charge in [0.1, 0.15) is 0 Å². The van der Waals surface area contributed by atoms with Crippen molar-refractivity contribution >= 4 is 51.5 Å². The van der Waals surface area contributed by atoms with Crippen LogP contribution in [0.5, 0.6) is 0 Å². The third-order valence-electron chi connectivity index (χ3n) is 14.1. The van der Waals surface area contributed by atoms with Gasteiger partial charge >= 0.3 is 0 Å². The average Bonchev–Trinajstić information content (AvgIpc) is 3.73. The van der Waals surface area contributed by atoms with E-state index in [4.69, 9.17) is 0 Å². The Balaban J connectivity index is 0.000000203. The summed E-state index contributed by atoms with van der Waals surface area (Å²) in [4.78, 5) is 1.44. The number of hydrogen-bond donors (Lipinski definition) is 0. The van der Waals surface area contributed by atoms with Crippen molar-refractivity contribution in [2.45, 2.75) is 143 Å². The molecular formula is C60H73IS. The molecule has 5 aliphatic rings. The van der Waals surface area contributed by atoms with Crippen LogP contribution in [0.2, 0.25) is 0 Å². The second-order valence-corrected chi connectivity index (χ2v) is 21.1. The van der Waals surface area contributed by atoms with E-state index in [0.29, 0.717) is 23.7 Å². The zero-order valence-corrected chi connectivity index (χ0v) is 42.6. The third kappa shape index (κ3) is 9.83. The quantitative estimate of drug-likeness (QED) is 0.122. The van der Waals surface area contributed by atoms with Crippen LogP contribution in [0.15, 0.2) is 145 Å². The minimum atomic E-state index is 0. The van der Waals surface area contributed by atoms with Gasteiger partial charge in [0.25, 0.3) is 0 Å². The van der Waals surface area contributed by atoms with E-state index in [1.165, 1.54) is 85.2 Å². The van der Waals surface area contributed by atoms with Crippen LogP contribution in [-0.2, 0) is 17.3 Å². The van der Waals surface area contributed by atoms with Crippen molar-refractivity contribution in [2.75, 3.05) is 0 Å². The minimum absolute atomic E-state index is 0. The van der Waals surface area contributed by atoms with E-state index in [0.717, 1.165) is 25.2 Å². The Morgan fingerprint density at radius 1 is 0.871 bits per heavy atom. The first kappa shape index (κ1) is 47.7. The summed E-state index contributed by atoms with van der Waals surface area (Å²) in [6, 6.07) is 21.4. The Bertz CT molecular complexity index is 2440. The Morgan fingerprint density at radius 2 is 1.60 bits per heavy atom. The highest BCUT2D eigenvalue weighted by Crippen LogP contribution is 2.54. The van der Waals surface area contributed by atoms with Crippen LogP contribution in [-0.4, -0.2) is 0 Å². The van der Waals surface area contributed by atoms with Crippen molar-refractivity contribution < 1.29 is 0 Å². The van der Waals surface area contributed by atoms with Crippen LogP contribution in [0.4, 0.5) is 0 Å². The zero-order valence-electron chi connectivity index (χ0n) is 39.5. The fourth-order valence-electron chi connectivity index (χ4n) is 10.8. The van der Waals surface area contributed by atoms with Crippen LogP contribution >= 0.6 is 35.3 Å². The highest BCUT2D eigenvalue weighted by Gasteiger charge is 2.44. The molecule has 1 heterocycles. The molecule has 0 fully saturated rings. The summed E-state index contributed by atoms with van der Waals surface area (Å²) in [6.45, 7) is 26.8.